The molecular formula is C22H22F2N4O3S2. The number of halogens is 2. The second kappa shape index (κ2) is 9.64. The number of carbonyl (C=O) groups excluding carboxylic acids is 1. The Balaban J connectivity index is 1.30. The number of aromatic nitrogens is 1. The second-order valence-corrected chi connectivity index (χ2v) is 10.5. The van der Waals surface area contributed by atoms with Crippen LogP contribution in [0.2, 0.25) is 0 Å². The quantitative estimate of drug-likeness (QED) is 0.571. The number of hydrogen-bond acceptors (Lipinski definition) is 6. The van der Waals surface area contributed by atoms with Gasteiger partial charge in [0.15, 0.2) is 16.8 Å². The van der Waals surface area contributed by atoms with Gasteiger partial charge in [0.1, 0.15) is 0 Å². The first-order valence-electron chi connectivity index (χ1n) is 10.2. The van der Waals surface area contributed by atoms with Crippen molar-refractivity contribution in [2.24, 2.45) is 0 Å². The van der Waals surface area contributed by atoms with Gasteiger partial charge in [-0.15, -0.1) is 11.3 Å². The lowest BCUT2D eigenvalue weighted by molar-refractivity contribution is -0.117. The van der Waals surface area contributed by atoms with E-state index in [0.29, 0.717) is 42.6 Å². The fraction of sp³-hybridized carbons (Fsp3) is 0.273. The molecule has 2 aromatic carbocycles. The first-order valence-corrected chi connectivity index (χ1v) is 12.5. The van der Waals surface area contributed by atoms with Gasteiger partial charge in [-0.3, -0.25) is 9.69 Å². The van der Waals surface area contributed by atoms with Crippen LogP contribution in [-0.2, 0) is 14.8 Å². The predicted octanol–water partition coefficient (Wildman–Crippen LogP) is 3.34. The average molecular weight is 493 g/mol. The third-order valence-corrected chi connectivity index (χ3v) is 7.99. The lowest BCUT2D eigenvalue weighted by atomic mass is 10.2. The normalized spacial score (nSPS) is 15.5. The highest BCUT2D eigenvalue weighted by atomic mass is 32.2. The molecule has 174 valence electrons. The summed E-state index contributed by atoms with van der Waals surface area (Å²) in [6.45, 7) is 3.43. The maximum absolute atomic E-state index is 13.4. The van der Waals surface area contributed by atoms with Crippen LogP contribution in [0.3, 0.4) is 0 Å². The summed E-state index contributed by atoms with van der Waals surface area (Å²) in [5.41, 5.74) is 1.84. The van der Waals surface area contributed by atoms with E-state index in [0.717, 1.165) is 17.7 Å². The molecule has 1 fully saturated rings. The molecule has 33 heavy (non-hydrogen) atoms. The summed E-state index contributed by atoms with van der Waals surface area (Å²) < 4.78 is 53.6. The van der Waals surface area contributed by atoms with E-state index in [1.54, 1.807) is 29.6 Å². The smallest absolute Gasteiger partial charge is 0.243 e. The number of rotatable bonds is 6. The Morgan fingerprint density at radius 3 is 2.42 bits per heavy atom. The Morgan fingerprint density at radius 1 is 1.06 bits per heavy atom. The van der Waals surface area contributed by atoms with Crippen molar-refractivity contribution < 1.29 is 22.0 Å². The Kier molecular flexibility index (Phi) is 6.84. The van der Waals surface area contributed by atoms with Gasteiger partial charge >= 0.3 is 0 Å². The zero-order chi connectivity index (χ0) is 23.6. The van der Waals surface area contributed by atoms with E-state index in [4.69, 9.17) is 0 Å². The molecule has 1 saturated heterocycles. The minimum atomic E-state index is -3.56. The number of amides is 1. The fourth-order valence-electron chi connectivity index (χ4n) is 3.47. The first kappa shape index (κ1) is 23.4. The Labute approximate surface area is 194 Å². The first-order chi connectivity index (χ1) is 15.7. The molecule has 2 heterocycles. The zero-order valence-electron chi connectivity index (χ0n) is 17.8. The lowest BCUT2D eigenvalue weighted by Crippen LogP contribution is -2.50. The summed E-state index contributed by atoms with van der Waals surface area (Å²) in [5, 5.41) is 4.70. The maximum atomic E-state index is 13.4. The van der Waals surface area contributed by atoms with Gasteiger partial charge in [-0.2, -0.15) is 4.31 Å². The third-order valence-electron chi connectivity index (χ3n) is 5.32. The van der Waals surface area contributed by atoms with Gasteiger partial charge in [0.25, 0.3) is 0 Å². The number of carbonyl (C=O) groups is 1. The summed E-state index contributed by atoms with van der Waals surface area (Å²) in [5.74, 6) is -2.18. The van der Waals surface area contributed by atoms with Gasteiger partial charge in [0.05, 0.1) is 17.1 Å². The number of thiazole rings is 1. The monoisotopic (exact) mass is 492 g/mol. The van der Waals surface area contributed by atoms with Crippen molar-refractivity contribution in [1.29, 1.82) is 0 Å². The van der Waals surface area contributed by atoms with Gasteiger partial charge in [0.2, 0.25) is 15.9 Å². The number of sulfonamides is 1. The molecule has 3 aromatic rings. The molecule has 1 aliphatic rings. The number of benzene rings is 2. The average Bonchev–Trinajstić information content (AvgIpc) is 3.24. The van der Waals surface area contributed by atoms with Gasteiger partial charge in [-0.1, -0.05) is 17.7 Å². The number of nitrogens with one attached hydrogen (secondary N) is 1. The summed E-state index contributed by atoms with van der Waals surface area (Å²) in [7, 11) is -3.56. The molecule has 0 bridgehead atoms. The van der Waals surface area contributed by atoms with Gasteiger partial charge in [0, 0.05) is 37.1 Å². The van der Waals surface area contributed by atoms with Crippen molar-refractivity contribution in [2.75, 3.05) is 38.0 Å². The molecule has 0 atom stereocenters. The number of hydrogen-bond donors (Lipinski definition) is 1. The molecule has 7 nitrogen and oxygen atoms in total. The van der Waals surface area contributed by atoms with Crippen LogP contribution in [0, 0.1) is 18.6 Å². The molecule has 1 N–H and O–H groups in total. The molecular weight excluding hydrogens is 470 g/mol. The zero-order valence-corrected chi connectivity index (χ0v) is 19.4. The summed E-state index contributed by atoms with van der Waals surface area (Å²) in [6, 6.07) is 10.2. The minimum absolute atomic E-state index is 0.0957. The van der Waals surface area contributed by atoms with Crippen LogP contribution in [0.1, 0.15) is 5.56 Å². The van der Waals surface area contributed by atoms with Crippen molar-refractivity contribution in [3.8, 4) is 11.3 Å². The van der Waals surface area contributed by atoms with Gasteiger partial charge < -0.3 is 5.32 Å². The van der Waals surface area contributed by atoms with Crippen LogP contribution in [0.15, 0.2) is 52.7 Å². The van der Waals surface area contributed by atoms with Crippen LogP contribution in [0.4, 0.5) is 13.9 Å². The van der Waals surface area contributed by atoms with E-state index in [2.05, 4.69) is 10.3 Å². The molecule has 0 aliphatic carbocycles. The van der Waals surface area contributed by atoms with Crippen molar-refractivity contribution in [1.82, 2.24) is 14.2 Å². The van der Waals surface area contributed by atoms with Gasteiger partial charge in [-0.25, -0.2) is 22.2 Å². The van der Waals surface area contributed by atoms with E-state index >= 15 is 0 Å². The van der Waals surface area contributed by atoms with Crippen LogP contribution in [0.25, 0.3) is 11.3 Å². The van der Waals surface area contributed by atoms with Crippen LogP contribution >= 0.6 is 11.3 Å². The van der Waals surface area contributed by atoms with E-state index < -0.39 is 21.7 Å². The highest BCUT2D eigenvalue weighted by Crippen LogP contribution is 2.26. The molecule has 0 spiro atoms. The summed E-state index contributed by atoms with van der Waals surface area (Å²) >= 11 is 1.18. The molecule has 1 aromatic heterocycles. The SMILES string of the molecule is Cc1ccc(S(=O)(=O)N2CCN(CC(=O)Nc3nc(-c4ccc(F)c(F)c4)cs3)CC2)cc1. The number of piperazine rings is 1. The molecule has 1 amide bonds. The summed E-state index contributed by atoms with van der Waals surface area (Å²) in [4.78, 5) is 18.8. The Morgan fingerprint density at radius 2 is 1.76 bits per heavy atom. The fourth-order valence-corrected chi connectivity index (χ4v) is 5.63. The predicted molar refractivity (Wildman–Crippen MR) is 122 cm³/mol. The van der Waals surface area contributed by atoms with Crippen LogP contribution in [-0.4, -0.2) is 61.2 Å². The van der Waals surface area contributed by atoms with Gasteiger partial charge in [-0.05, 0) is 37.3 Å². The summed E-state index contributed by atoms with van der Waals surface area (Å²) in [6.07, 6.45) is 0. The molecule has 1 aliphatic heterocycles. The van der Waals surface area contributed by atoms with E-state index in [1.165, 1.54) is 21.7 Å². The number of nitrogens with zero attached hydrogens (tertiary/aromatic N) is 3. The lowest BCUT2D eigenvalue weighted by Gasteiger charge is -2.33. The molecule has 0 radical (unpaired) electrons. The van der Waals surface area contributed by atoms with Crippen molar-refractivity contribution in [3.63, 3.8) is 0 Å². The Hall–Kier alpha value is -2.73. The van der Waals surface area contributed by atoms with E-state index in [9.17, 15) is 22.0 Å². The molecule has 11 heteroatoms. The number of anilines is 1. The topological polar surface area (TPSA) is 82.6 Å². The van der Waals surface area contributed by atoms with E-state index in [1.807, 2.05) is 11.8 Å². The maximum Gasteiger partial charge on any atom is 0.243 e. The van der Waals surface area contributed by atoms with E-state index in [-0.39, 0.29) is 17.3 Å². The van der Waals surface area contributed by atoms with Crippen molar-refractivity contribution in [2.45, 2.75) is 11.8 Å². The number of aryl methyl sites for hydroxylation is 1. The van der Waals surface area contributed by atoms with Crippen molar-refractivity contribution in [3.05, 3.63) is 65.0 Å². The third kappa shape index (κ3) is 5.44. The van der Waals surface area contributed by atoms with Crippen LogP contribution in [0.5, 0.6) is 0 Å². The second-order valence-electron chi connectivity index (χ2n) is 7.71. The highest BCUT2D eigenvalue weighted by Gasteiger charge is 2.29. The molecule has 0 saturated carbocycles. The van der Waals surface area contributed by atoms with Crippen LogP contribution < -0.4 is 5.32 Å². The largest absolute Gasteiger partial charge is 0.301 e. The molecule has 4 rings (SSSR count). The minimum Gasteiger partial charge on any atom is -0.301 e. The Bertz CT molecular complexity index is 1250. The molecule has 0 unspecified atom stereocenters. The standard InChI is InChI=1S/C22H22F2N4O3S2/c1-15-2-5-17(6-3-15)33(30,31)28-10-8-27(9-11-28)13-21(29)26-22-25-20(14-32-22)16-4-7-18(23)19(24)12-16/h2-7,12,14H,8-11,13H2,1H3,(H,25,26,29). The van der Waals surface area contributed by atoms with Crippen molar-refractivity contribution >= 4 is 32.4 Å². The highest BCUT2D eigenvalue weighted by molar-refractivity contribution is 7.89.